The molecule has 1 aromatic rings. The summed E-state index contributed by atoms with van der Waals surface area (Å²) < 4.78 is 2.02. The van der Waals surface area contributed by atoms with E-state index in [0.717, 1.165) is 48.1 Å². The first-order valence-corrected chi connectivity index (χ1v) is 9.13. The first-order valence-electron chi connectivity index (χ1n) is 7.60. The highest BCUT2D eigenvalue weighted by Crippen LogP contribution is 2.25. The third kappa shape index (κ3) is 3.74. The predicted molar refractivity (Wildman–Crippen MR) is 90.8 cm³/mol. The summed E-state index contributed by atoms with van der Waals surface area (Å²) in [4.78, 5) is 2.39. The first kappa shape index (κ1) is 17.1. The second-order valence-electron chi connectivity index (χ2n) is 5.48. The fourth-order valence-electron chi connectivity index (χ4n) is 2.86. The Morgan fingerprint density at radius 2 is 2.29 bits per heavy atom. The van der Waals surface area contributed by atoms with E-state index in [-0.39, 0.29) is 6.04 Å². The number of aryl methyl sites for hydroxylation is 2. The minimum atomic E-state index is 0.187. The molecule has 21 heavy (non-hydrogen) atoms. The molecule has 0 amide bonds. The Hall–Kier alpha value is -0.270. The summed E-state index contributed by atoms with van der Waals surface area (Å²) in [6.45, 7) is 6.12. The van der Waals surface area contributed by atoms with Crippen LogP contribution < -0.4 is 11.3 Å². The highest BCUT2D eigenvalue weighted by molar-refractivity contribution is 7.99. The smallest absolute Gasteiger partial charge is 0.0850 e. The van der Waals surface area contributed by atoms with Gasteiger partial charge in [0.1, 0.15) is 0 Å². The number of hydrogen-bond donors (Lipinski definition) is 2. The lowest BCUT2D eigenvalue weighted by molar-refractivity contribution is 0.212. The normalized spacial score (nSPS) is 21.7. The topological polar surface area (TPSA) is 59.1 Å². The van der Waals surface area contributed by atoms with E-state index >= 15 is 0 Å². The monoisotopic (exact) mass is 331 g/mol. The molecule has 2 heterocycles. The summed E-state index contributed by atoms with van der Waals surface area (Å²) in [7, 11) is 2.17. The zero-order valence-electron chi connectivity index (χ0n) is 13.1. The molecule has 0 aliphatic carbocycles. The van der Waals surface area contributed by atoms with Gasteiger partial charge in [-0.15, -0.1) is 0 Å². The van der Waals surface area contributed by atoms with E-state index in [0.29, 0.717) is 6.04 Å². The van der Waals surface area contributed by atoms with Crippen molar-refractivity contribution < 1.29 is 0 Å². The summed E-state index contributed by atoms with van der Waals surface area (Å²) in [6, 6.07) is 0.613. The van der Waals surface area contributed by atoms with Gasteiger partial charge in [0.15, 0.2) is 0 Å². The molecule has 0 radical (unpaired) electrons. The van der Waals surface area contributed by atoms with Crippen molar-refractivity contribution in [3.63, 3.8) is 0 Å². The summed E-state index contributed by atoms with van der Waals surface area (Å²) in [5.74, 6) is 8.13. The number of aromatic nitrogens is 2. The molecule has 0 bridgehead atoms. The van der Waals surface area contributed by atoms with Crippen LogP contribution in [-0.2, 0) is 19.4 Å². The molecule has 0 spiro atoms. The van der Waals surface area contributed by atoms with Crippen LogP contribution in [0.4, 0.5) is 0 Å². The van der Waals surface area contributed by atoms with Crippen LogP contribution in [0.2, 0.25) is 5.02 Å². The van der Waals surface area contributed by atoms with Gasteiger partial charge in [0, 0.05) is 43.1 Å². The molecule has 0 saturated carbocycles. The van der Waals surface area contributed by atoms with Crippen LogP contribution in [0.15, 0.2) is 0 Å². The van der Waals surface area contributed by atoms with Crippen molar-refractivity contribution >= 4 is 23.4 Å². The minimum absolute atomic E-state index is 0.187. The molecule has 5 nitrogen and oxygen atoms in total. The number of nitrogens with one attached hydrogen (secondary N) is 1. The highest BCUT2D eigenvalue weighted by Gasteiger charge is 2.29. The third-order valence-corrected chi connectivity index (χ3v) is 5.71. The van der Waals surface area contributed by atoms with Gasteiger partial charge in [-0.25, -0.2) is 0 Å². The zero-order valence-corrected chi connectivity index (χ0v) is 14.7. The van der Waals surface area contributed by atoms with Crippen molar-refractivity contribution in [1.29, 1.82) is 0 Å². The van der Waals surface area contributed by atoms with E-state index in [1.54, 1.807) is 0 Å². The summed E-state index contributed by atoms with van der Waals surface area (Å²) >= 11 is 8.51. The van der Waals surface area contributed by atoms with Crippen molar-refractivity contribution in [2.75, 3.05) is 25.1 Å². The van der Waals surface area contributed by atoms with Gasteiger partial charge in [-0.2, -0.15) is 16.9 Å². The maximum atomic E-state index is 6.51. The summed E-state index contributed by atoms with van der Waals surface area (Å²) in [5.41, 5.74) is 5.08. The Bertz CT molecular complexity index is 464. The van der Waals surface area contributed by atoms with Crippen LogP contribution >= 0.6 is 23.4 Å². The third-order valence-electron chi connectivity index (χ3n) is 4.23. The Labute approximate surface area is 136 Å². The van der Waals surface area contributed by atoms with Crippen molar-refractivity contribution in [1.82, 2.24) is 20.1 Å². The number of halogens is 1. The number of likely N-dealkylation sites (N-methyl/N-ethyl adjacent to an activating group) is 1. The van der Waals surface area contributed by atoms with Gasteiger partial charge in [0.05, 0.1) is 16.4 Å². The SMILES string of the molecule is CCc1nn(CC)c(CC(NN)C2CSCCN2C)c1Cl. The second-order valence-corrected chi connectivity index (χ2v) is 7.00. The molecule has 3 N–H and O–H groups in total. The number of nitrogens with zero attached hydrogens (tertiary/aromatic N) is 3. The molecule has 1 aliphatic heterocycles. The van der Waals surface area contributed by atoms with Crippen LogP contribution in [-0.4, -0.2) is 51.9 Å². The maximum Gasteiger partial charge on any atom is 0.0850 e. The van der Waals surface area contributed by atoms with Crippen molar-refractivity contribution in [3.05, 3.63) is 16.4 Å². The van der Waals surface area contributed by atoms with E-state index in [9.17, 15) is 0 Å². The lowest BCUT2D eigenvalue weighted by Gasteiger charge is -2.37. The van der Waals surface area contributed by atoms with E-state index in [1.807, 2.05) is 16.4 Å². The number of nitrogens with two attached hydrogens (primary N) is 1. The molecular formula is C14H26ClN5S. The molecule has 0 aromatic carbocycles. The highest BCUT2D eigenvalue weighted by atomic mass is 35.5. The van der Waals surface area contributed by atoms with Crippen LogP contribution in [0.25, 0.3) is 0 Å². The molecule has 120 valence electrons. The number of hydrazine groups is 1. The number of hydrogen-bond acceptors (Lipinski definition) is 5. The van der Waals surface area contributed by atoms with Gasteiger partial charge in [0.2, 0.25) is 0 Å². The molecule has 2 atom stereocenters. The lowest BCUT2D eigenvalue weighted by atomic mass is 10.0. The molecule has 1 aliphatic rings. The quantitative estimate of drug-likeness (QED) is 0.611. The van der Waals surface area contributed by atoms with Gasteiger partial charge < -0.3 is 4.90 Å². The molecule has 2 rings (SSSR count). The van der Waals surface area contributed by atoms with Crippen LogP contribution in [0, 0.1) is 0 Å². The molecule has 1 fully saturated rings. The standard InChI is InChI=1S/C14H26ClN5S/c1-4-10-14(15)12(20(5-2)18-10)8-11(17-16)13-9-21-7-6-19(13)3/h11,13,17H,4-9,16H2,1-3H3. The minimum Gasteiger partial charge on any atom is -0.300 e. The summed E-state index contributed by atoms with van der Waals surface area (Å²) in [5, 5.41) is 5.41. The van der Waals surface area contributed by atoms with E-state index in [4.69, 9.17) is 17.4 Å². The molecular weight excluding hydrogens is 306 g/mol. The average Bonchev–Trinajstić information content (AvgIpc) is 2.81. The van der Waals surface area contributed by atoms with E-state index in [2.05, 4.69) is 36.3 Å². The average molecular weight is 332 g/mol. The predicted octanol–water partition coefficient (Wildman–Crippen LogP) is 1.54. The Balaban J connectivity index is 2.19. The van der Waals surface area contributed by atoms with Crippen molar-refractivity contribution in [2.24, 2.45) is 5.84 Å². The lowest BCUT2D eigenvalue weighted by Crippen LogP contribution is -2.55. The second kappa shape index (κ2) is 7.83. The maximum absolute atomic E-state index is 6.51. The van der Waals surface area contributed by atoms with Crippen LogP contribution in [0.3, 0.4) is 0 Å². The number of thioether (sulfide) groups is 1. The Morgan fingerprint density at radius 1 is 1.52 bits per heavy atom. The molecule has 1 aromatic heterocycles. The molecule has 2 unspecified atom stereocenters. The fraction of sp³-hybridized carbons (Fsp3) is 0.786. The molecule has 7 heteroatoms. The fourth-order valence-corrected chi connectivity index (χ4v) is 4.51. The number of rotatable bonds is 6. The zero-order chi connectivity index (χ0) is 15.4. The largest absolute Gasteiger partial charge is 0.300 e. The summed E-state index contributed by atoms with van der Waals surface area (Å²) in [6.07, 6.45) is 1.67. The van der Waals surface area contributed by atoms with E-state index in [1.165, 1.54) is 5.75 Å². The Kier molecular flexibility index (Phi) is 6.37. The van der Waals surface area contributed by atoms with Gasteiger partial charge in [-0.1, -0.05) is 18.5 Å². The van der Waals surface area contributed by atoms with Crippen molar-refractivity contribution in [3.8, 4) is 0 Å². The van der Waals surface area contributed by atoms with Crippen LogP contribution in [0.1, 0.15) is 25.2 Å². The van der Waals surface area contributed by atoms with Gasteiger partial charge in [0.25, 0.3) is 0 Å². The van der Waals surface area contributed by atoms with E-state index < -0.39 is 0 Å². The molecule has 1 saturated heterocycles. The first-order chi connectivity index (χ1) is 10.1. The Morgan fingerprint density at radius 3 is 2.86 bits per heavy atom. The van der Waals surface area contributed by atoms with Crippen LogP contribution in [0.5, 0.6) is 0 Å². The van der Waals surface area contributed by atoms with Crippen molar-refractivity contribution in [2.45, 2.75) is 45.3 Å². The van der Waals surface area contributed by atoms with Gasteiger partial charge in [-0.3, -0.25) is 16.0 Å². The van der Waals surface area contributed by atoms with Gasteiger partial charge >= 0.3 is 0 Å². The van der Waals surface area contributed by atoms with Gasteiger partial charge in [-0.05, 0) is 20.4 Å².